The van der Waals surface area contributed by atoms with Gasteiger partial charge in [0.15, 0.2) is 6.61 Å². The van der Waals surface area contributed by atoms with Crippen LogP contribution in [0.5, 0.6) is 0 Å². The first kappa shape index (κ1) is 13.5. The molecule has 8 heteroatoms. The summed E-state index contributed by atoms with van der Waals surface area (Å²) in [6.07, 6.45) is -5.91. The summed E-state index contributed by atoms with van der Waals surface area (Å²) in [6.45, 7) is -1.79. The molecular formula is C7H10F3NO4. The largest absolute Gasteiger partial charge is 0.469 e. The Labute approximate surface area is 83.5 Å². The third kappa shape index (κ3) is 8.85. The van der Waals surface area contributed by atoms with Crippen LogP contribution in [0.15, 0.2) is 0 Å². The van der Waals surface area contributed by atoms with Crippen molar-refractivity contribution in [1.29, 1.82) is 0 Å². The summed E-state index contributed by atoms with van der Waals surface area (Å²) in [7, 11) is 1.16. The van der Waals surface area contributed by atoms with Crippen LogP contribution in [0, 0.1) is 0 Å². The van der Waals surface area contributed by atoms with E-state index in [2.05, 4.69) is 9.47 Å². The van der Waals surface area contributed by atoms with Crippen LogP contribution >= 0.6 is 0 Å². The van der Waals surface area contributed by atoms with E-state index in [0.717, 1.165) is 7.11 Å². The molecule has 0 aromatic heterocycles. The molecule has 88 valence electrons. The number of rotatable bonds is 4. The molecule has 0 spiro atoms. The van der Waals surface area contributed by atoms with Gasteiger partial charge in [-0.1, -0.05) is 0 Å². The number of methoxy groups -OCH3 is 1. The fourth-order valence-corrected chi connectivity index (χ4v) is 0.567. The van der Waals surface area contributed by atoms with Crippen molar-refractivity contribution in [2.75, 3.05) is 20.3 Å². The van der Waals surface area contributed by atoms with Gasteiger partial charge in [0, 0.05) is 6.54 Å². The number of esters is 1. The predicted molar refractivity (Wildman–Crippen MR) is 42.0 cm³/mol. The van der Waals surface area contributed by atoms with E-state index >= 15 is 0 Å². The van der Waals surface area contributed by atoms with E-state index in [0.29, 0.717) is 0 Å². The number of hydrogen-bond acceptors (Lipinski definition) is 4. The van der Waals surface area contributed by atoms with E-state index in [1.54, 1.807) is 0 Å². The monoisotopic (exact) mass is 229 g/mol. The molecular weight excluding hydrogens is 219 g/mol. The van der Waals surface area contributed by atoms with E-state index in [4.69, 9.17) is 0 Å². The number of hydrogen-bond donors (Lipinski definition) is 1. The quantitative estimate of drug-likeness (QED) is 0.725. The van der Waals surface area contributed by atoms with Crippen LogP contribution in [0.25, 0.3) is 0 Å². The molecule has 0 atom stereocenters. The van der Waals surface area contributed by atoms with Crippen molar-refractivity contribution >= 4 is 12.1 Å². The summed E-state index contributed by atoms with van der Waals surface area (Å²) >= 11 is 0. The van der Waals surface area contributed by atoms with Gasteiger partial charge in [-0.05, 0) is 0 Å². The van der Waals surface area contributed by atoms with Gasteiger partial charge >= 0.3 is 18.2 Å². The number of carbonyl (C=O) groups is 2. The maximum Gasteiger partial charge on any atom is 0.422 e. The van der Waals surface area contributed by atoms with E-state index in [1.807, 2.05) is 5.32 Å². The lowest BCUT2D eigenvalue weighted by molar-refractivity contribution is -0.160. The Balaban J connectivity index is 3.54. The van der Waals surface area contributed by atoms with Crippen LogP contribution in [0.1, 0.15) is 6.42 Å². The summed E-state index contributed by atoms with van der Waals surface area (Å²) in [5, 5.41) is 1.96. The number of nitrogens with one attached hydrogen (secondary N) is 1. The first-order chi connectivity index (χ1) is 6.85. The summed E-state index contributed by atoms with van der Waals surface area (Å²) < 4.78 is 42.7. The van der Waals surface area contributed by atoms with Crippen LogP contribution in [0.2, 0.25) is 0 Å². The Morgan fingerprint density at radius 1 is 1.33 bits per heavy atom. The maximum absolute atomic E-state index is 11.5. The Hall–Kier alpha value is -1.47. The van der Waals surface area contributed by atoms with Crippen molar-refractivity contribution in [3.05, 3.63) is 0 Å². The zero-order valence-corrected chi connectivity index (χ0v) is 7.89. The highest BCUT2D eigenvalue weighted by Gasteiger charge is 2.29. The van der Waals surface area contributed by atoms with Gasteiger partial charge in [-0.3, -0.25) is 4.79 Å². The van der Waals surface area contributed by atoms with Gasteiger partial charge in [0.05, 0.1) is 13.5 Å². The minimum Gasteiger partial charge on any atom is -0.469 e. The summed E-state index contributed by atoms with van der Waals surface area (Å²) in [5.74, 6) is -0.578. The molecule has 0 aliphatic carbocycles. The third-order valence-corrected chi connectivity index (χ3v) is 1.19. The zero-order chi connectivity index (χ0) is 11.9. The number of amides is 1. The highest BCUT2D eigenvalue weighted by molar-refractivity contribution is 5.71. The van der Waals surface area contributed by atoms with E-state index in [1.165, 1.54) is 0 Å². The van der Waals surface area contributed by atoms with Crippen LogP contribution in [0.3, 0.4) is 0 Å². The molecule has 0 aromatic carbocycles. The first-order valence-electron chi connectivity index (χ1n) is 3.89. The second kappa shape index (κ2) is 6.10. The molecule has 0 bridgehead atoms. The van der Waals surface area contributed by atoms with Crippen molar-refractivity contribution < 1.29 is 32.2 Å². The molecule has 1 amide bonds. The van der Waals surface area contributed by atoms with E-state index in [9.17, 15) is 22.8 Å². The molecule has 15 heavy (non-hydrogen) atoms. The topological polar surface area (TPSA) is 64.6 Å². The lowest BCUT2D eigenvalue weighted by Crippen LogP contribution is -2.30. The van der Waals surface area contributed by atoms with Gasteiger partial charge < -0.3 is 14.8 Å². The van der Waals surface area contributed by atoms with Crippen molar-refractivity contribution in [3.8, 4) is 0 Å². The van der Waals surface area contributed by atoms with Crippen molar-refractivity contribution in [1.82, 2.24) is 5.32 Å². The Kier molecular flexibility index (Phi) is 5.50. The molecule has 0 saturated heterocycles. The minimum absolute atomic E-state index is 0.127. The zero-order valence-electron chi connectivity index (χ0n) is 7.89. The van der Waals surface area contributed by atoms with Gasteiger partial charge in [-0.25, -0.2) is 4.79 Å². The Morgan fingerprint density at radius 3 is 2.40 bits per heavy atom. The molecule has 0 radical (unpaired) electrons. The number of alkyl halides is 3. The lowest BCUT2D eigenvalue weighted by Gasteiger charge is -2.08. The molecule has 5 nitrogen and oxygen atoms in total. The van der Waals surface area contributed by atoms with Crippen molar-refractivity contribution in [2.45, 2.75) is 12.6 Å². The average Bonchev–Trinajstić information content (AvgIpc) is 2.13. The summed E-state index contributed by atoms with van der Waals surface area (Å²) in [5.41, 5.74) is 0. The SMILES string of the molecule is COC(=O)CCNC(=O)OCC(F)(F)F. The maximum atomic E-state index is 11.5. The van der Waals surface area contributed by atoms with Gasteiger partial charge in [0.2, 0.25) is 0 Å². The van der Waals surface area contributed by atoms with Gasteiger partial charge in [-0.15, -0.1) is 0 Å². The summed E-state index contributed by atoms with van der Waals surface area (Å²) in [4.78, 5) is 21.1. The highest BCUT2D eigenvalue weighted by Crippen LogP contribution is 2.14. The Bertz CT molecular complexity index is 229. The fraction of sp³-hybridized carbons (Fsp3) is 0.714. The summed E-state index contributed by atoms with van der Waals surface area (Å²) in [6, 6.07) is 0. The van der Waals surface area contributed by atoms with Crippen LogP contribution < -0.4 is 5.32 Å². The molecule has 1 N–H and O–H groups in total. The van der Waals surface area contributed by atoms with Crippen LogP contribution in [-0.4, -0.2) is 38.5 Å². The van der Waals surface area contributed by atoms with Crippen LogP contribution in [-0.2, 0) is 14.3 Å². The number of ether oxygens (including phenoxy) is 2. The number of carbonyl (C=O) groups excluding carboxylic acids is 2. The fourth-order valence-electron chi connectivity index (χ4n) is 0.567. The molecule has 0 unspecified atom stereocenters. The normalized spacial score (nSPS) is 10.7. The standard InChI is InChI=1S/C7H10F3NO4/c1-14-5(12)2-3-11-6(13)15-4-7(8,9)10/h2-4H2,1H3,(H,11,13). The van der Waals surface area contributed by atoms with Gasteiger partial charge in [-0.2, -0.15) is 13.2 Å². The third-order valence-electron chi connectivity index (χ3n) is 1.19. The van der Waals surface area contributed by atoms with E-state index in [-0.39, 0.29) is 13.0 Å². The average molecular weight is 229 g/mol. The van der Waals surface area contributed by atoms with E-state index < -0.39 is 24.8 Å². The predicted octanol–water partition coefficient (Wildman–Crippen LogP) is 0.838. The molecule has 0 saturated carbocycles. The molecule has 0 fully saturated rings. The molecule has 0 rings (SSSR count). The number of alkyl carbamates (subject to hydrolysis) is 1. The van der Waals surface area contributed by atoms with Gasteiger partial charge in [0.25, 0.3) is 0 Å². The Morgan fingerprint density at radius 2 is 1.93 bits per heavy atom. The number of halogens is 3. The lowest BCUT2D eigenvalue weighted by atomic mass is 10.4. The van der Waals surface area contributed by atoms with Crippen molar-refractivity contribution in [2.24, 2.45) is 0 Å². The molecule has 0 aromatic rings. The van der Waals surface area contributed by atoms with Gasteiger partial charge in [0.1, 0.15) is 0 Å². The van der Waals surface area contributed by atoms with Crippen molar-refractivity contribution in [3.63, 3.8) is 0 Å². The first-order valence-corrected chi connectivity index (χ1v) is 3.89. The minimum atomic E-state index is -4.56. The second-order valence-corrected chi connectivity index (χ2v) is 2.44. The molecule has 0 aliphatic heterocycles. The molecule has 0 aliphatic rings. The smallest absolute Gasteiger partial charge is 0.422 e. The molecule has 0 heterocycles. The second-order valence-electron chi connectivity index (χ2n) is 2.44. The highest BCUT2D eigenvalue weighted by atomic mass is 19.4. The van der Waals surface area contributed by atoms with Crippen LogP contribution in [0.4, 0.5) is 18.0 Å².